The van der Waals surface area contributed by atoms with Crippen LogP contribution in [-0.2, 0) is 0 Å². The predicted molar refractivity (Wildman–Crippen MR) is 39.0 cm³/mol. The average molecular weight is 123 g/mol. The highest BCUT2D eigenvalue weighted by Crippen LogP contribution is 2.53. The van der Waals surface area contributed by atoms with E-state index < -0.39 is 0 Å². The summed E-state index contributed by atoms with van der Waals surface area (Å²) in [6.07, 6.45) is 8.69. The molecule has 2 aliphatic rings. The van der Waals surface area contributed by atoms with E-state index in [0.717, 1.165) is 5.92 Å². The smallest absolute Gasteiger partial charge is 0.0269 e. The largest absolute Gasteiger partial charge is 0.0525 e. The molecule has 0 aromatic rings. The van der Waals surface area contributed by atoms with E-state index in [1.54, 1.807) is 0 Å². The molecule has 0 saturated heterocycles. The van der Waals surface area contributed by atoms with Gasteiger partial charge in [0.15, 0.2) is 0 Å². The van der Waals surface area contributed by atoms with Crippen molar-refractivity contribution in [3.8, 4) is 0 Å². The van der Waals surface area contributed by atoms with Crippen molar-refractivity contribution in [2.45, 2.75) is 38.5 Å². The molecule has 0 amide bonds. The molecule has 2 aliphatic carbocycles. The molecule has 51 valence electrons. The van der Waals surface area contributed by atoms with Gasteiger partial charge in [0.25, 0.3) is 0 Å². The van der Waals surface area contributed by atoms with Crippen LogP contribution in [0.2, 0.25) is 0 Å². The van der Waals surface area contributed by atoms with Crippen molar-refractivity contribution in [3.05, 3.63) is 6.92 Å². The summed E-state index contributed by atoms with van der Waals surface area (Å²) in [6.45, 7) is 4.33. The first-order valence-electron chi connectivity index (χ1n) is 4.17. The van der Waals surface area contributed by atoms with E-state index in [0.29, 0.717) is 5.41 Å². The molecule has 0 nitrogen and oxygen atoms in total. The van der Waals surface area contributed by atoms with Gasteiger partial charge in [-0.1, -0.05) is 12.8 Å². The van der Waals surface area contributed by atoms with Gasteiger partial charge in [-0.05, 0) is 43.9 Å². The molecule has 0 aliphatic heterocycles. The fraction of sp³-hybridized carbons (Fsp3) is 0.889. The van der Waals surface area contributed by atoms with Gasteiger partial charge < -0.3 is 0 Å². The Kier molecular flexibility index (Phi) is 1.12. The molecule has 0 unspecified atom stereocenters. The molecule has 2 fully saturated rings. The Balaban J connectivity index is 2.17. The van der Waals surface area contributed by atoms with Crippen molar-refractivity contribution < 1.29 is 0 Å². The van der Waals surface area contributed by atoms with Crippen LogP contribution in [0.5, 0.6) is 0 Å². The predicted octanol–water partition coefficient (Wildman–Crippen LogP) is 2.79. The van der Waals surface area contributed by atoms with Gasteiger partial charge in [-0.25, -0.2) is 0 Å². The van der Waals surface area contributed by atoms with Gasteiger partial charge in [0.2, 0.25) is 0 Å². The van der Waals surface area contributed by atoms with E-state index in [-0.39, 0.29) is 0 Å². The lowest BCUT2D eigenvalue weighted by Gasteiger charge is -2.22. The average Bonchev–Trinajstić information content (AvgIpc) is 2.22. The molecule has 9 heavy (non-hydrogen) atoms. The zero-order valence-corrected chi connectivity index (χ0v) is 6.03. The Morgan fingerprint density at radius 3 is 2.11 bits per heavy atom. The maximum Gasteiger partial charge on any atom is -0.0269 e. The topological polar surface area (TPSA) is 0 Å². The van der Waals surface area contributed by atoms with Crippen LogP contribution in [0.4, 0.5) is 0 Å². The lowest BCUT2D eigenvalue weighted by molar-refractivity contribution is 0.324. The Labute approximate surface area is 57.6 Å². The Morgan fingerprint density at radius 1 is 1.11 bits per heavy atom. The first kappa shape index (κ1) is 5.76. The molecule has 0 aromatic heterocycles. The van der Waals surface area contributed by atoms with Crippen LogP contribution in [0.3, 0.4) is 0 Å². The second kappa shape index (κ2) is 1.74. The quantitative estimate of drug-likeness (QED) is 0.464. The zero-order valence-electron chi connectivity index (χ0n) is 6.03. The minimum absolute atomic E-state index is 0.556. The van der Waals surface area contributed by atoms with E-state index in [2.05, 4.69) is 6.92 Å². The molecule has 0 bridgehead atoms. The minimum atomic E-state index is 0.556. The van der Waals surface area contributed by atoms with Crippen molar-refractivity contribution in [3.63, 3.8) is 0 Å². The molecule has 0 heterocycles. The van der Waals surface area contributed by atoms with Crippen LogP contribution in [0.15, 0.2) is 0 Å². The summed E-state index contributed by atoms with van der Waals surface area (Å²) in [6, 6.07) is 0. The van der Waals surface area contributed by atoms with Gasteiger partial charge in [0.05, 0.1) is 0 Å². The Morgan fingerprint density at radius 2 is 1.67 bits per heavy atom. The van der Waals surface area contributed by atoms with Gasteiger partial charge in [0, 0.05) is 0 Å². The minimum Gasteiger partial charge on any atom is -0.0525 e. The van der Waals surface area contributed by atoms with E-state index in [4.69, 9.17) is 0 Å². The van der Waals surface area contributed by atoms with Crippen molar-refractivity contribution in [1.82, 2.24) is 0 Å². The van der Waals surface area contributed by atoms with Crippen LogP contribution >= 0.6 is 0 Å². The second-order valence-electron chi connectivity index (χ2n) is 3.84. The summed E-state index contributed by atoms with van der Waals surface area (Å²) in [4.78, 5) is 0. The van der Waals surface area contributed by atoms with E-state index in [1.807, 2.05) is 0 Å². The monoisotopic (exact) mass is 123 g/mol. The van der Waals surface area contributed by atoms with Crippen molar-refractivity contribution in [2.75, 3.05) is 0 Å². The van der Waals surface area contributed by atoms with Crippen molar-refractivity contribution >= 4 is 0 Å². The number of hydrogen-bond donors (Lipinski definition) is 0. The molecular formula is C9H15. The number of rotatable bonds is 0. The molecule has 0 aromatic carbocycles. The van der Waals surface area contributed by atoms with Crippen LogP contribution < -0.4 is 0 Å². The van der Waals surface area contributed by atoms with Gasteiger partial charge in [0.1, 0.15) is 0 Å². The molecule has 0 atom stereocenters. The van der Waals surface area contributed by atoms with E-state index in [1.165, 1.54) is 38.5 Å². The third kappa shape index (κ3) is 0.720. The molecule has 1 radical (unpaired) electrons. The van der Waals surface area contributed by atoms with Crippen molar-refractivity contribution in [2.24, 2.45) is 11.3 Å². The molecule has 0 heteroatoms. The standard InChI is InChI=1S/C9H15/c1-9-6-2-4-8(9)5-3-7-9/h8H,1-7H2. The highest BCUT2D eigenvalue weighted by atomic mass is 14.5. The summed E-state index contributed by atoms with van der Waals surface area (Å²) in [5, 5.41) is 0. The normalized spacial score (nSPS) is 49.7. The van der Waals surface area contributed by atoms with Gasteiger partial charge in [-0.3, -0.25) is 0 Å². The van der Waals surface area contributed by atoms with Gasteiger partial charge in [-0.2, -0.15) is 0 Å². The maximum atomic E-state index is 4.33. The second-order valence-corrected chi connectivity index (χ2v) is 3.84. The molecule has 2 saturated carbocycles. The van der Waals surface area contributed by atoms with Crippen molar-refractivity contribution in [1.29, 1.82) is 0 Å². The van der Waals surface area contributed by atoms with Crippen LogP contribution in [-0.4, -0.2) is 0 Å². The molecule has 0 spiro atoms. The SMILES string of the molecule is [CH2]C12CCCC1CCC2. The summed E-state index contributed by atoms with van der Waals surface area (Å²) < 4.78 is 0. The highest BCUT2D eigenvalue weighted by Gasteiger charge is 2.41. The summed E-state index contributed by atoms with van der Waals surface area (Å²) >= 11 is 0. The fourth-order valence-electron chi connectivity index (χ4n) is 2.69. The summed E-state index contributed by atoms with van der Waals surface area (Å²) in [5.41, 5.74) is 0.556. The highest BCUT2D eigenvalue weighted by molar-refractivity contribution is 4.97. The van der Waals surface area contributed by atoms with Crippen LogP contribution in [0, 0.1) is 18.3 Å². The Hall–Kier alpha value is 0. The van der Waals surface area contributed by atoms with E-state index >= 15 is 0 Å². The molecule has 0 N–H and O–H groups in total. The molecular weight excluding hydrogens is 108 g/mol. The fourth-order valence-corrected chi connectivity index (χ4v) is 2.69. The van der Waals surface area contributed by atoms with Crippen LogP contribution in [0.25, 0.3) is 0 Å². The third-order valence-corrected chi connectivity index (χ3v) is 3.32. The maximum absolute atomic E-state index is 4.33. The van der Waals surface area contributed by atoms with Crippen LogP contribution in [0.1, 0.15) is 38.5 Å². The third-order valence-electron chi connectivity index (χ3n) is 3.32. The zero-order chi connectivity index (χ0) is 6.32. The number of fused-ring (bicyclic) bond motifs is 1. The lowest BCUT2D eigenvalue weighted by Crippen LogP contribution is -2.14. The first-order valence-corrected chi connectivity index (χ1v) is 4.17. The number of hydrogen-bond acceptors (Lipinski definition) is 0. The summed E-state index contributed by atoms with van der Waals surface area (Å²) in [5.74, 6) is 1.01. The molecule has 2 rings (SSSR count). The first-order chi connectivity index (χ1) is 4.31. The van der Waals surface area contributed by atoms with E-state index in [9.17, 15) is 0 Å². The lowest BCUT2D eigenvalue weighted by atomic mass is 9.83. The van der Waals surface area contributed by atoms with Gasteiger partial charge >= 0.3 is 0 Å². The Bertz CT molecular complexity index is 105. The van der Waals surface area contributed by atoms with Gasteiger partial charge in [-0.15, -0.1) is 0 Å². The summed E-state index contributed by atoms with van der Waals surface area (Å²) in [7, 11) is 0.